The van der Waals surface area contributed by atoms with E-state index in [1.54, 1.807) is 12.3 Å². The Kier molecular flexibility index (Phi) is 3.77. The van der Waals surface area contributed by atoms with Gasteiger partial charge in [0.1, 0.15) is 5.82 Å². The minimum Gasteiger partial charge on any atom is -0.255 e. The Bertz CT molecular complexity index is 744. The molecule has 1 atom stereocenters. The Morgan fingerprint density at radius 2 is 1.86 bits per heavy atom. The number of halogens is 1. The fourth-order valence-corrected chi connectivity index (χ4v) is 3.39. The summed E-state index contributed by atoms with van der Waals surface area (Å²) < 4.78 is 24.7. The normalized spacial score (nSPS) is 15.2. The van der Waals surface area contributed by atoms with Crippen LogP contribution in [0.3, 0.4) is 0 Å². The van der Waals surface area contributed by atoms with E-state index in [-0.39, 0.29) is 5.82 Å². The maximum absolute atomic E-state index is 13.3. The molecule has 1 aliphatic carbocycles. The zero-order chi connectivity index (χ0) is 15.0. The van der Waals surface area contributed by atoms with Crippen molar-refractivity contribution in [2.24, 2.45) is 0 Å². The molecule has 0 amide bonds. The van der Waals surface area contributed by atoms with Gasteiger partial charge in [0, 0.05) is 22.0 Å². The fraction of sp³-hybridized carbons (Fsp3) is 0.222. The first-order valence-corrected chi connectivity index (χ1v) is 8.50. The first-order valence-electron chi connectivity index (χ1n) is 6.94. The summed E-state index contributed by atoms with van der Waals surface area (Å²) in [5.41, 5.74) is 6.02. The number of allylic oxidation sites excluding steroid dienone is 2. The van der Waals surface area contributed by atoms with Gasteiger partial charge in [-0.25, -0.2) is 4.39 Å². The van der Waals surface area contributed by atoms with Gasteiger partial charge in [-0.05, 0) is 66.3 Å². The molecule has 3 heteroatoms. The molecule has 0 N–H and O–H groups in total. The van der Waals surface area contributed by atoms with Gasteiger partial charge < -0.3 is 0 Å². The summed E-state index contributed by atoms with van der Waals surface area (Å²) >= 11 is 0. The molecule has 0 saturated carbocycles. The molecule has 1 nitrogen and oxygen atoms in total. The van der Waals surface area contributed by atoms with E-state index in [9.17, 15) is 8.60 Å². The molecule has 0 spiro atoms. The molecule has 1 aliphatic rings. The van der Waals surface area contributed by atoms with Crippen molar-refractivity contribution in [2.75, 3.05) is 6.26 Å². The molecule has 108 valence electrons. The lowest BCUT2D eigenvalue weighted by Crippen LogP contribution is -1.93. The van der Waals surface area contributed by atoms with Crippen molar-refractivity contribution in [1.82, 2.24) is 0 Å². The van der Waals surface area contributed by atoms with E-state index in [0.717, 1.165) is 28.9 Å². The minimum atomic E-state index is -0.941. The lowest BCUT2D eigenvalue weighted by molar-refractivity contribution is 0.626. The first kappa shape index (κ1) is 14.2. The monoisotopic (exact) mass is 300 g/mol. The molecule has 0 bridgehead atoms. The summed E-state index contributed by atoms with van der Waals surface area (Å²) in [6.45, 7) is 2.11. The van der Waals surface area contributed by atoms with Gasteiger partial charge in [-0.15, -0.1) is 0 Å². The zero-order valence-corrected chi connectivity index (χ0v) is 13.0. The second kappa shape index (κ2) is 5.57. The Labute approximate surface area is 127 Å². The molecule has 0 heterocycles. The maximum Gasteiger partial charge on any atom is 0.123 e. The second-order valence-electron chi connectivity index (χ2n) is 5.51. The van der Waals surface area contributed by atoms with E-state index in [1.807, 2.05) is 30.3 Å². The molecule has 2 aromatic carbocycles. The van der Waals surface area contributed by atoms with E-state index >= 15 is 0 Å². The molecule has 0 saturated heterocycles. The topological polar surface area (TPSA) is 17.1 Å². The van der Waals surface area contributed by atoms with Crippen LogP contribution in [-0.4, -0.2) is 10.5 Å². The van der Waals surface area contributed by atoms with E-state index in [2.05, 4.69) is 6.92 Å². The predicted molar refractivity (Wildman–Crippen MR) is 85.2 cm³/mol. The summed E-state index contributed by atoms with van der Waals surface area (Å²) in [4.78, 5) is 0.846. The van der Waals surface area contributed by atoms with Gasteiger partial charge in [0.2, 0.25) is 0 Å². The van der Waals surface area contributed by atoms with Crippen molar-refractivity contribution in [3.8, 4) is 0 Å². The van der Waals surface area contributed by atoms with Gasteiger partial charge in [-0.3, -0.25) is 4.21 Å². The van der Waals surface area contributed by atoms with Crippen molar-refractivity contribution in [2.45, 2.75) is 24.7 Å². The molecular formula is C18H17FOS. The molecule has 21 heavy (non-hydrogen) atoms. The van der Waals surface area contributed by atoms with Gasteiger partial charge in [-0.1, -0.05) is 23.8 Å². The average molecular weight is 300 g/mol. The van der Waals surface area contributed by atoms with E-state index in [0.29, 0.717) is 0 Å². The van der Waals surface area contributed by atoms with Crippen molar-refractivity contribution in [3.63, 3.8) is 0 Å². The summed E-state index contributed by atoms with van der Waals surface area (Å²) in [5, 5.41) is 0. The Balaban J connectivity index is 1.88. The van der Waals surface area contributed by atoms with Crippen LogP contribution in [0.15, 0.2) is 52.9 Å². The Hall–Kier alpha value is -1.74. The number of hydrogen-bond acceptors (Lipinski definition) is 1. The van der Waals surface area contributed by atoms with Crippen LogP contribution in [0.5, 0.6) is 0 Å². The Morgan fingerprint density at radius 3 is 2.52 bits per heavy atom. The third-order valence-corrected chi connectivity index (χ3v) is 4.94. The van der Waals surface area contributed by atoms with Gasteiger partial charge >= 0.3 is 0 Å². The van der Waals surface area contributed by atoms with Crippen molar-refractivity contribution < 1.29 is 8.60 Å². The van der Waals surface area contributed by atoms with Crippen LogP contribution in [0.1, 0.15) is 23.6 Å². The third kappa shape index (κ3) is 2.84. The van der Waals surface area contributed by atoms with Crippen LogP contribution in [0.4, 0.5) is 4.39 Å². The largest absolute Gasteiger partial charge is 0.255 e. The van der Waals surface area contributed by atoms with Crippen LogP contribution < -0.4 is 0 Å². The molecule has 0 fully saturated rings. The molecule has 0 aliphatic heterocycles. The van der Waals surface area contributed by atoms with Crippen LogP contribution in [0, 0.1) is 5.82 Å². The van der Waals surface area contributed by atoms with E-state index in [1.165, 1.54) is 22.8 Å². The van der Waals surface area contributed by atoms with Crippen LogP contribution >= 0.6 is 0 Å². The smallest absolute Gasteiger partial charge is 0.123 e. The SMILES string of the molecule is CC1=C(Cc2ccc(S(C)=O)cc2)c2ccc(F)cc2C1. The molecule has 3 rings (SSSR count). The quantitative estimate of drug-likeness (QED) is 0.833. The van der Waals surface area contributed by atoms with E-state index in [4.69, 9.17) is 0 Å². The van der Waals surface area contributed by atoms with Gasteiger partial charge in [0.25, 0.3) is 0 Å². The summed E-state index contributed by atoms with van der Waals surface area (Å²) in [6.07, 6.45) is 3.35. The third-order valence-electron chi connectivity index (χ3n) is 4.00. The summed E-state index contributed by atoms with van der Waals surface area (Å²) in [5.74, 6) is -0.169. The van der Waals surface area contributed by atoms with Crippen LogP contribution in [0.25, 0.3) is 5.57 Å². The van der Waals surface area contributed by atoms with Crippen molar-refractivity contribution in [3.05, 3.63) is 70.5 Å². The highest BCUT2D eigenvalue weighted by Gasteiger charge is 2.19. The lowest BCUT2D eigenvalue weighted by atomic mass is 9.98. The van der Waals surface area contributed by atoms with Gasteiger partial charge in [0.05, 0.1) is 0 Å². The first-order chi connectivity index (χ1) is 10.0. The number of rotatable bonds is 3. The molecule has 2 aromatic rings. The number of hydrogen-bond donors (Lipinski definition) is 0. The average Bonchev–Trinajstić information content (AvgIpc) is 2.75. The van der Waals surface area contributed by atoms with Crippen molar-refractivity contribution in [1.29, 1.82) is 0 Å². The highest BCUT2D eigenvalue weighted by atomic mass is 32.2. The second-order valence-corrected chi connectivity index (χ2v) is 6.89. The molecular weight excluding hydrogens is 283 g/mol. The molecule has 0 radical (unpaired) electrons. The summed E-state index contributed by atoms with van der Waals surface area (Å²) in [6, 6.07) is 12.9. The fourth-order valence-electron chi connectivity index (χ4n) is 2.87. The number of benzene rings is 2. The molecule has 1 unspecified atom stereocenters. The van der Waals surface area contributed by atoms with Gasteiger partial charge in [-0.2, -0.15) is 0 Å². The number of fused-ring (bicyclic) bond motifs is 1. The highest BCUT2D eigenvalue weighted by Crippen LogP contribution is 2.35. The highest BCUT2D eigenvalue weighted by molar-refractivity contribution is 7.84. The van der Waals surface area contributed by atoms with Crippen molar-refractivity contribution >= 4 is 16.4 Å². The van der Waals surface area contributed by atoms with Crippen LogP contribution in [-0.2, 0) is 23.6 Å². The zero-order valence-electron chi connectivity index (χ0n) is 12.2. The van der Waals surface area contributed by atoms with Crippen LogP contribution in [0.2, 0.25) is 0 Å². The standard InChI is InChI=1S/C18H17FOS/c1-12-9-14-11-15(19)5-8-17(14)18(12)10-13-3-6-16(7-4-13)21(2)20/h3-8,11H,9-10H2,1-2H3. The maximum atomic E-state index is 13.3. The lowest BCUT2D eigenvalue weighted by Gasteiger charge is -2.08. The summed E-state index contributed by atoms with van der Waals surface area (Å²) in [7, 11) is -0.941. The van der Waals surface area contributed by atoms with E-state index < -0.39 is 10.8 Å². The Morgan fingerprint density at radius 1 is 1.14 bits per heavy atom. The van der Waals surface area contributed by atoms with Gasteiger partial charge in [0.15, 0.2) is 0 Å². The predicted octanol–water partition coefficient (Wildman–Crippen LogP) is 4.14. The minimum absolute atomic E-state index is 0.169. The molecule has 0 aromatic heterocycles.